The summed E-state index contributed by atoms with van der Waals surface area (Å²) >= 11 is 1.58. The molecule has 4 aromatic heterocycles. The molecular weight excluding hydrogens is 368 g/mol. The van der Waals surface area contributed by atoms with Crippen molar-refractivity contribution in [2.24, 2.45) is 0 Å². The van der Waals surface area contributed by atoms with Crippen LogP contribution in [0.25, 0.3) is 32.7 Å². The second-order valence-electron chi connectivity index (χ2n) is 6.08. The molecule has 0 spiro atoms. The van der Waals surface area contributed by atoms with Gasteiger partial charge in [-0.05, 0) is 29.8 Å². The van der Waals surface area contributed by atoms with Crippen molar-refractivity contribution in [3.05, 3.63) is 84.8 Å². The molecule has 0 fully saturated rings. The van der Waals surface area contributed by atoms with Gasteiger partial charge >= 0.3 is 0 Å². The number of ether oxygens (including phenoxy) is 1. The molecule has 0 aliphatic carbocycles. The predicted octanol–water partition coefficient (Wildman–Crippen LogP) is 5.61. The highest BCUT2D eigenvalue weighted by Crippen LogP contribution is 2.40. The Balaban J connectivity index is 1.73. The van der Waals surface area contributed by atoms with E-state index in [-0.39, 0.29) is 0 Å². The van der Waals surface area contributed by atoms with Crippen LogP contribution in [0.3, 0.4) is 0 Å². The lowest BCUT2D eigenvalue weighted by molar-refractivity contribution is 0.467. The molecule has 6 heteroatoms. The zero-order valence-corrected chi connectivity index (χ0v) is 15.5. The Bertz CT molecular complexity index is 1230. The van der Waals surface area contributed by atoms with Gasteiger partial charge in [0.25, 0.3) is 0 Å². The Kier molecular flexibility index (Phi) is 4.23. The molecule has 134 valence electrons. The van der Waals surface area contributed by atoms with Crippen LogP contribution < -0.4 is 4.74 Å². The fraction of sp³-hybridized carbons (Fsp3) is 0. The zero-order valence-electron chi connectivity index (χ0n) is 14.7. The van der Waals surface area contributed by atoms with Gasteiger partial charge in [-0.15, -0.1) is 11.3 Å². The fourth-order valence-corrected chi connectivity index (χ4v) is 3.89. The summed E-state index contributed by atoms with van der Waals surface area (Å²) in [5, 5.41) is 2.99. The molecule has 0 radical (unpaired) electrons. The van der Waals surface area contributed by atoms with Crippen molar-refractivity contribution < 1.29 is 4.74 Å². The molecule has 0 aliphatic heterocycles. The molecule has 0 aliphatic rings. The van der Waals surface area contributed by atoms with Gasteiger partial charge in [-0.3, -0.25) is 9.97 Å². The third-order valence-electron chi connectivity index (χ3n) is 4.25. The minimum atomic E-state index is 0.511. The smallest absolute Gasteiger partial charge is 0.232 e. The van der Waals surface area contributed by atoms with Crippen LogP contribution in [0, 0.1) is 0 Å². The van der Waals surface area contributed by atoms with Crippen LogP contribution in [0.2, 0.25) is 0 Å². The summed E-state index contributed by atoms with van der Waals surface area (Å²) < 4.78 is 6.15. The maximum Gasteiger partial charge on any atom is 0.232 e. The first kappa shape index (κ1) is 16.5. The molecule has 0 bridgehead atoms. The second-order valence-corrected chi connectivity index (χ2v) is 6.94. The van der Waals surface area contributed by atoms with Crippen molar-refractivity contribution >= 4 is 21.6 Å². The van der Waals surface area contributed by atoms with E-state index in [4.69, 9.17) is 14.7 Å². The van der Waals surface area contributed by atoms with Crippen LogP contribution in [0.1, 0.15) is 0 Å². The van der Waals surface area contributed by atoms with Crippen LogP contribution >= 0.6 is 11.3 Å². The fourth-order valence-electron chi connectivity index (χ4n) is 2.96. The average Bonchev–Trinajstić information content (AvgIpc) is 3.20. The first-order valence-electron chi connectivity index (χ1n) is 8.71. The number of nitrogens with zero attached hydrogens (tertiary/aromatic N) is 4. The van der Waals surface area contributed by atoms with Crippen LogP contribution in [0.5, 0.6) is 11.6 Å². The minimum Gasteiger partial charge on any atom is -0.437 e. The standard InChI is InChI=1S/C22H14N4OS/c1-2-6-15(7-3-1)18-14-28-22-19(18)21(27-17-9-5-11-24-13-17)25-20(26-22)16-8-4-10-23-12-16/h1-14H. The van der Waals surface area contributed by atoms with Crippen LogP contribution in [-0.4, -0.2) is 19.9 Å². The molecule has 0 N–H and O–H groups in total. The topological polar surface area (TPSA) is 60.8 Å². The lowest BCUT2D eigenvalue weighted by Gasteiger charge is -2.09. The SMILES string of the molecule is c1ccc(-c2csc3nc(-c4cccnc4)nc(Oc4cccnc4)c23)cc1. The molecule has 5 rings (SSSR count). The molecule has 0 saturated carbocycles. The van der Waals surface area contributed by atoms with E-state index in [0.717, 1.165) is 26.9 Å². The van der Waals surface area contributed by atoms with Crippen molar-refractivity contribution in [2.75, 3.05) is 0 Å². The van der Waals surface area contributed by atoms with Gasteiger partial charge in [0.1, 0.15) is 10.6 Å². The Labute approximate surface area is 165 Å². The molecular formula is C22H14N4OS. The van der Waals surface area contributed by atoms with Crippen molar-refractivity contribution in [3.63, 3.8) is 0 Å². The Morgan fingerprint density at radius 1 is 0.750 bits per heavy atom. The molecule has 5 aromatic rings. The van der Waals surface area contributed by atoms with Gasteiger partial charge in [0.05, 0.1) is 11.6 Å². The number of hydrogen-bond acceptors (Lipinski definition) is 6. The first-order chi connectivity index (χ1) is 13.9. The van der Waals surface area contributed by atoms with Crippen LogP contribution in [0.4, 0.5) is 0 Å². The van der Waals surface area contributed by atoms with E-state index in [1.165, 1.54) is 0 Å². The van der Waals surface area contributed by atoms with Crippen molar-refractivity contribution in [3.8, 4) is 34.1 Å². The van der Waals surface area contributed by atoms with Crippen molar-refractivity contribution in [1.29, 1.82) is 0 Å². The number of hydrogen-bond donors (Lipinski definition) is 0. The Hall–Kier alpha value is -3.64. The van der Waals surface area contributed by atoms with E-state index < -0.39 is 0 Å². The minimum absolute atomic E-state index is 0.511. The quantitative estimate of drug-likeness (QED) is 0.404. The average molecular weight is 382 g/mol. The molecule has 0 amide bonds. The normalized spacial score (nSPS) is 10.9. The number of rotatable bonds is 4. The highest BCUT2D eigenvalue weighted by atomic mass is 32.1. The Morgan fingerprint density at radius 3 is 2.29 bits per heavy atom. The zero-order chi connectivity index (χ0) is 18.8. The van der Waals surface area contributed by atoms with E-state index in [2.05, 4.69) is 27.5 Å². The van der Waals surface area contributed by atoms with Gasteiger partial charge < -0.3 is 4.74 Å². The van der Waals surface area contributed by atoms with E-state index >= 15 is 0 Å². The third-order valence-corrected chi connectivity index (χ3v) is 5.13. The number of fused-ring (bicyclic) bond motifs is 1. The molecule has 0 saturated heterocycles. The van der Waals surface area contributed by atoms with E-state index in [0.29, 0.717) is 17.5 Å². The highest BCUT2D eigenvalue weighted by molar-refractivity contribution is 7.17. The third kappa shape index (κ3) is 3.10. The Morgan fingerprint density at radius 2 is 1.54 bits per heavy atom. The molecule has 0 unspecified atom stereocenters. The highest BCUT2D eigenvalue weighted by Gasteiger charge is 2.18. The summed E-state index contributed by atoms with van der Waals surface area (Å²) in [6.07, 6.45) is 6.87. The van der Waals surface area contributed by atoms with Gasteiger partial charge in [0.15, 0.2) is 5.82 Å². The largest absolute Gasteiger partial charge is 0.437 e. The lowest BCUT2D eigenvalue weighted by Crippen LogP contribution is -1.95. The number of benzene rings is 1. The van der Waals surface area contributed by atoms with Gasteiger partial charge in [-0.2, -0.15) is 4.98 Å². The molecule has 1 aromatic carbocycles. The first-order valence-corrected chi connectivity index (χ1v) is 9.59. The van der Waals surface area contributed by atoms with E-state index in [9.17, 15) is 0 Å². The maximum atomic E-state index is 6.15. The maximum absolute atomic E-state index is 6.15. The van der Waals surface area contributed by atoms with Crippen molar-refractivity contribution in [1.82, 2.24) is 19.9 Å². The van der Waals surface area contributed by atoms with Gasteiger partial charge in [0, 0.05) is 35.1 Å². The summed E-state index contributed by atoms with van der Waals surface area (Å²) in [6, 6.07) is 17.7. The van der Waals surface area contributed by atoms with Crippen LogP contribution in [-0.2, 0) is 0 Å². The summed E-state index contributed by atoms with van der Waals surface area (Å²) in [6.45, 7) is 0. The summed E-state index contributed by atoms with van der Waals surface area (Å²) in [7, 11) is 0. The lowest BCUT2D eigenvalue weighted by atomic mass is 10.1. The van der Waals surface area contributed by atoms with E-state index in [1.807, 2.05) is 42.5 Å². The molecule has 5 nitrogen and oxygen atoms in total. The summed E-state index contributed by atoms with van der Waals surface area (Å²) in [5.74, 6) is 1.72. The van der Waals surface area contributed by atoms with Gasteiger partial charge in [0.2, 0.25) is 5.88 Å². The second kappa shape index (κ2) is 7.17. The monoisotopic (exact) mass is 382 g/mol. The van der Waals surface area contributed by atoms with Gasteiger partial charge in [-0.25, -0.2) is 4.98 Å². The van der Waals surface area contributed by atoms with Crippen LogP contribution in [0.15, 0.2) is 84.8 Å². The summed E-state index contributed by atoms with van der Waals surface area (Å²) in [5.41, 5.74) is 3.00. The van der Waals surface area contributed by atoms with Crippen molar-refractivity contribution in [2.45, 2.75) is 0 Å². The number of aromatic nitrogens is 4. The number of thiophene rings is 1. The number of pyridine rings is 2. The summed E-state index contributed by atoms with van der Waals surface area (Å²) in [4.78, 5) is 18.7. The molecule has 4 heterocycles. The van der Waals surface area contributed by atoms with Gasteiger partial charge in [-0.1, -0.05) is 30.3 Å². The molecule has 0 atom stereocenters. The predicted molar refractivity (Wildman–Crippen MR) is 110 cm³/mol. The van der Waals surface area contributed by atoms with E-state index in [1.54, 1.807) is 36.1 Å². The molecule has 28 heavy (non-hydrogen) atoms.